The number of fused-ring (bicyclic) bond motifs is 1. The highest BCUT2D eigenvalue weighted by Crippen LogP contribution is 2.30. The quantitative estimate of drug-likeness (QED) is 0.365. The van der Waals surface area contributed by atoms with Gasteiger partial charge in [0.05, 0.1) is 34.1 Å². The summed E-state index contributed by atoms with van der Waals surface area (Å²) >= 11 is 1.53. The molecule has 1 aliphatic rings. The van der Waals surface area contributed by atoms with E-state index < -0.39 is 9.84 Å². The van der Waals surface area contributed by atoms with Crippen LogP contribution < -0.4 is 4.90 Å². The molecule has 1 aromatic heterocycles. The Morgan fingerprint density at radius 1 is 1.11 bits per heavy atom. The van der Waals surface area contributed by atoms with Crippen molar-refractivity contribution in [3.05, 3.63) is 53.6 Å². The molecule has 9 heteroatoms. The van der Waals surface area contributed by atoms with Gasteiger partial charge in [0.2, 0.25) is 5.91 Å². The summed E-state index contributed by atoms with van der Waals surface area (Å²) in [5.41, 5.74) is 3.14. The number of carbonyl (C=O) groups is 1. The first kappa shape index (κ1) is 26.7. The van der Waals surface area contributed by atoms with E-state index in [1.165, 1.54) is 16.9 Å². The van der Waals surface area contributed by atoms with Crippen molar-refractivity contribution in [1.29, 1.82) is 0 Å². The first-order chi connectivity index (χ1) is 17.4. The van der Waals surface area contributed by atoms with Gasteiger partial charge in [0.15, 0.2) is 15.0 Å². The highest BCUT2D eigenvalue weighted by Gasteiger charge is 2.22. The van der Waals surface area contributed by atoms with Crippen LogP contribution >= 0.6 is 11.3 Å². The number of morpholine rings is 1. The average Bonchev–Trinajstić information content (AvgIpc) is 3.30. The number of benzene rings is 2. The number of aromatic nitrogens is 1. The minimum absolute atomic E-state index is 0.0525. The van der Waals surface area contributed by atoms with E-state index in [2.05, 4.69) is 24.0 Å². The third kappa shape index (κ3) is 6.91. The fourth-order valence-electron chi connectivity index (χ4n) is 4.31. The lowest BCUT2D eigenvalue weighted by Crippen LogP contribution is -2.39. The molecule has 7 nitrogen and oxygen atoms in total. The molecule has 0 spiro atoms. The second-order valence-corrected chi connectivity index (χ2v) is 12.4. The number of thiazole rings is 1. The molecule has 1 amide bonds. The first-order valence-electron chi connectivity index (χ1n) is 12.6. The van der Waals surface area contributed by atoms with Gasteiger partial charge in [0.1, 0.15) is 0 Å². The van der Waals surface area contributed by atoms with Crippen LogP contribution in [0.25, 0.3) is 10.2 Å². The summed E-state index contributed by atoms with van der Waals surface area (Å²) < 4.78 is 32.0. The maximum atomic E-state index is 13.4. The van der Waals surface area contributed by atoms with E-state index in [1.54, 1.807) is 29.2 Å². The van der Waals surface area contributed by atoms with Gasteiger partial charge in [-0.25, -0.2) is 13.4 Å². The second kappa shape index (κ2) is 12.3. The SMILES string of the molecule is CCc1ccc2nc(N(CCCN3CCOCC3)C(=O)CCCS(=O)(=O)c3ccc(C)cc3)sc2c1. The standard InChI is InChI=1S/C27H35N3O4S2/c1-3-22-9-12-24-25(20-22)35-27(28-24)30(14-5-13-29-15-17-34-18-16-29)26(31)6-4-19-36(32,33)23-10-7-21(2)8-11-23/h7-12,20H,3-6,13-19H2,1-2H3. The zero-order valence-electron chi connectivity index (χ0n) is 21.1. The van der Waals surface area contributed by atoms with Gasteiger partial charge in [-0.3, -0.25) is 14.6 Å². The predicted molar refractivity (Wildman–Crippen MR) is 146 cm³/mol. The molecule has 2 aromatic carbocycles. The summed E-state index contributed by atoms with van der Waals surface area (Å²) in [6.45, 7) is 8.80. The lowest BCUT2D eigenvalue weighted by atomic mass is 10.2. The Hall–Kier alpha value is -2.33. The summed E-state index contributed by atoms with van der Waals surface area (Å²) in [5, 5.41) is 0.687. The second-order valence-electron chi connectivity index (χ2n) is 9.24. The van der Waals surface area contributed by atoms with Gasteiger partial charge in [0, 0.05) is 32.6 Å². The highest BCUT2D eigenvalue weighted by molar-refractivity contribution is 7.91. The number of amides is 1. The van der Waals surface area contributed by atoms with Crippen LogP contribution in [0.2, 0.25) is 0 Å². The monoisotopic (exact) mass is 529 g/mol. The van der Waals surface area contributed by atoms with Crippen molar-refractivity contribution in [3.63, 3.8) is 0 Å². The van der Waals surface area contributed by atoms with Crippen LogP contribution in [-0.4, -0.2) is 69.4 Å². The number of carbonyl (C=O) groups excluding carboxylic acids is 1. The molecule has 1 aliphatic heterocycles. The summed E-state index contributed by atoms with van der Waals surface area (Å²) in [4.78, 5) is 22.5. The minimum Gasteiger partial charge on any atom is -0.379 e. The van der Waals surface area contributed by atoms with Crippen molar-refractivity contribution in [3.8, 4) is 0 Å². The minimum atomic E-state index is -3.42. The molecule has 2 heterocycles. The molecule has 0 radical (unpaired) electrons. The molecule has 0 bridgehead atoms. The Morgan fingerprint density at radius 2 is 1.86 bits per heavy atom. The van der Waals surface area contributed by atoms with Crippen LogP contribution in [0.1, 0.15) is 37.3 Å². The van der Waals surface area contributed by atoms with E-state index in [0.29, 0.717) is 16.6 Å². The fraction of sp³-hybridized carbons (Fsp3) is 0.481. The predicted octanol–water partition coefficient (Wildman–Crippen LogP) is 4.48. The summed E-state index contributed by atoms with van der Waals surface area (Å²) in [5.74, 6) is -0.130. The van der Waals surface area contributed by atoms with Crippen LogP contribution in [0.4, 0.5) is 5.13 Å². The third-order valence-corrected chi connectivity index (χ3v) is 9.38. The molecule has 4 rings (SSSR count). The third-order valence-electron chi connectivity index (χ3n) is 6.53. The normalized spacial score (nSPS) is 14.8. The topological polar surface area (TPSA) is 79.8 Å². The van der Waals surface area contributed by atoms with E-state index in [4.69, 9.17) is 9.72 Å². The maximum absolute atomic E-state index is 13.4. The number of aryl methyl sites for hydroxylation is 2. The number of rotatable bonds is 11. The average molecular weight is 530 g/mol. The maximum Gasteiger partial charge on any atom is 0.228 e. The summed E-state index contributed by atoms with van der Waals surface area (Å²) in [7, 11) is -3.42. The number of ether oxygens (including phenoxy) is 1. The van der Waals surface area contributed by atoms with Gasteiger partial charge in [-0.15, -0.1) is 0 Å². The van der Waals surface area contributed by atoms with Gasteiger partial charge in [-0.2, -0.15) is 0 Å². The van der Waals surface area contributed by atoms with Gasteiger partial charge < -0.3 is 4.74 Å². The molecule has 1 saturated heterocycles. The molecular weight excluding hydrogens is 494 g/mol. The molecule has 0 saturated carbocycles. The molecule has 3 aromatic rings. The first-order valence-corrected chi connectivity index (χ1v) is 15.1. The van der Waals surface area contributed by atoms with Crippen LogP contribution in [0.3, 0.4) is 0 Å². The van der Waals surface area contributed by atoms with E-state index in [1.807, 2.05) is 13.0 Å². The van der Waals surface area contributed by atoms with Crippen LogP contribution in [-0.2, 0) is 25.8 Å². The number of hydrogen-bond donors (Lipinski definition) is 0. The molecule has 194 valence electrons. The van der Waals surface area contributed by atoms with Crippen LogP contribution in [0.5, 0.6) is 0 Å². The number of anilines is 1. The van der Waals surface area contributed by atoms with E-state index >= 15 is 0 Å². The van der Waals surface area contributed by atoms with Gasteiger partial charge >= 0.3 is 0 Å². The van der Waals surface area contributed by atoms with E-state index in [9.17, 15) is 13.2 Å². The molecule has 36 heavy (non-hydrogen) atoms. The highest BCUT2D eigenvalue weighted by atomic mass is 32.2. The lowest BCUT2D eigenvalue weighted by Gasteiger charge is -2.27. The van der Waals surface area contributed by atoms with Crippen LogP contribution in [0.15, 0.2) is 47.4 Å². The van der Waals surface area contributed by atoms with E-state index in [-0.39, 0.29) is 24.5 Å². The molecule has 0 aliphatic carbocycles. The number of nitrogens with zero attached hydrogens (tertiary/aromatic N) is 3. The smallest absolute Gasteiger partial charge is 0.228 e. The molecule has 0 unspecified atom stereocenters. The van der Waals surface area contributed by atoms with E-state index in [0.717, 1.165) is 61.5 Å². The van der Waals surface area contributed by atoms with Gasteiger partial charge in [-0.1, -0.05) is 42.0 Å². The van der Waals surface area contributed by atoms with Gasteiger partial charge in [-0.05, 0) is 56.0 Å². The zero-order chi connectivity index (χ0) is 25.5. The zero-order valence-corrected chi connectivity index (χ0v) is 22.7. The molecular formula is C27H35N3O4S2. The number of hydrogen-bond acceptors (Lipinski definition) is 7. The Kier molecular flexibility index (Phi) is 9.11. The largest absolute Gasteiger partial charge is 0.379 e. The molecule has 0 atom stereocenters. The Labute approximate surface area is 218 Å². The molecule has 0 N–H and O–H groups in total. The Balaban J connectivity index is 1.44. The number of sulfone groups is 1. The summed E-state index contributed by atoms with van der Waals surface area (Å²) in [6.07, 6.45) is 2.21. The van der Waals surface area contributed by atoms with Crippen molar-refractivity contribution >= 4 is 42.4 Å². The van der Waals surface area contributed by atoms with Crippen molar-refractivity contribution in [2.75, 3.05) is 50.0 Å². The van der Waals surface area contributed by atoms with Gasteiger partial charge in [0.25, 0.3) is 0 Å². The molecule has 1 fully saturated rings. The van der Waals surface area contributed by atoms with Crippen molar-refractivity contribution in [2.24, 2.45) is 0 Å². The van der Waals surface area contributed by atoms with Crippen molar-refractivity contribution < 1.29 is 17.9 Å². The van der Waals surface area contributed by atoms with Crippen LogP contribution in [0, 0.1) is 6.92 Å². The lowest BCUT2D eigenvalue weighted by molar-refractivity contribution is -0.118. The van der Waals surface area contributed by atoms with Crippen molar-refractivity contribution in [2.45, 2.75) is 44.4 Å². The summed E-state index contributed by atoms with van der Waals surface area (Å²) in [6, 6.07) is 13.1. The Bertz CT molecular complexity index is 1270. The Morgan fingerprint density at radius 3 is 2.58 bits per heavy atom. The van der Waals surface area contributed by atoms with Crippen molar-refractivity contribution in [1.82, 2.24) is 9.88 Å². The fourth-order valence-corrected chi connectivity index (χ4v) is 6.69.